The van der Waals surface area contributed by atoms with Crippen molar-refractivity contribution in [2.24, 2.45) is 5.73 Å². The third-order valence-corrected chi connectivity index (χ3v) is 5.23. The molecule has 1 aliphatic rings. The van der Waals surface area contributed by atoms with Gasteiger partial charge in [0.2, 0.25) is 5.91 Å². The molecule has 2 N–H and O–H groups in total. The van der Waals surface area contributed by atoms with E-state index in [0.717, 1.165) is 24.0 Å². The molecule has 2 aromatic rings. The first-order valence-corrected chi connectivity index (χ1v) is 9.27. The molecule has 1 aliphatic heterocycles. The average Bonchev–Trinajstić information content (AvgIpc) is 2.72. The van der Waals surface area contributed by atoms with Crippen LogP contribution in [0.15, 0.2) is 42.5 Å². The zero-order valence-corrected chi connectivity index (χ0v) is 15.4. The van der Waals surface area contributed by atoms with Gasteiger partial charge in [-0.3, -0.25) is 9.69 Å². The summed E-state index contributed by atoms with van der Waals surface area (Å²) in [5, 5.41) is 18.5. The maximum atomic E-state index is 13.8. The van der Waals surface area contributed by atoms with Gasteiger partial charge in [-0.2, -0.15) is 10.5 Å². The number of piperidine rings is 1. The molecule has 28 heavy (non-hydrogen) atoms. The van der Waals surface area contributed by atoms with Crippen LogP contribution in [0.4, 0.5) is 4.39 Å². The van der Waals surface area contributed by atoms with Crippen LogP contribution in [0.5, 0.6) is 0 Å². The molecule has 5 nitrogen and oxygen atoms in total. The average molecular weight is 376 g/mol. The second-order valence-electron chi connectivity index (χ2n) is 7.00. The van der Waals surface area contributed by atoms with Crippen molar-refractivity contribution >= 4 is 5.91 Å². The van der Waals surface area contributed by atoms with Crippen LogP contribution < -0.4 is 5.73 Å². The standard InChI is InChI=1S/C22H21FN4O/c23-20-12-17(8-9-18(20)13-24)16-6-4-15(5-7-16)11-19(14-25)27-10-2-1-3-21(27)22(26)28/h4-9,12,19,21H,1-3,10-11H2,(H2,26,28)/t19-,21?/m0/s1. The van der Waals surface area contributed by atoms with Gasteiger partial charge in [-0.25, -0.2) is 4.39 Å². The van der Waals surface area contributed by atoms with Gasteiger partial charge >= 0.3 is 0 Å². The van der Waals surface area contributed by atoms with Crippen LogP contribution in [0, 0.1) is 28.5 Å². The smallest absolute Gasteiger partial charge is 0.234 e. The van der Waals surface area contributed by atoms with Crippen LogP contribution in [0.25, 0.3) is 11.1 Å². The molecule has 0 aromatic heterocycles. The number of primary amides is 1. The topological polar surface area (TPSA) is 93.9 Å². The lowest BCUT2D eigenvalue weighted by molar-refractivity contribution is -0.125. The van der Waals surface area contributed by atoms with Crippen LogP contribution in [0.1, 0.15) is 30.4 Å². The van der Waals surface area contributed by atoms with Gasteiger partial charge in [0.1, 0.15) is 17.9 Å². The highest BCUT2D eigenvalue weighted by atomic mass is 19.1. The van der Waals surface area contributed by atoms with Gasteiger partial charge in [0.25, 0.3) is 0 Å². The molecule has 1 amide bonds. The lowest BCUT2D eigenvalue weighted by Gasteiger charge is -2.36. The van der Waals surface area contributed by atoms with Crippen LogP contribution in [0.3, 0.4) is 0 Å². The molecule has 142 valence electrons. The molecule has 1 saturated heterocycles. The maximum Gasteiger partial charge on any atom is 0.234 e. The minimum absolute atomic E-state index is 0.0165. The molecule has 0 spiro atoms. The molecule has 0 saturated carbocycles. The number of carbonyl (C=O) groups excluding carboxylic acids is 1. The Morgan fingerprint density at radius 2 is 1.89 bits per heavy atom. The number of carbonyl (C=O) groups is 1. The lowest BCUT2D eigenvalue weighted by atomic mass is 9.95. The highest BCUT2D eigenvalue weighted by Crippen LogP contribution is 2.25. The van der Waals surface area contributed by atoms with Gasteiger partial charge in [-0.1, -0.05) is 36.8 Å². The predicted octanol–water partition coefficient (Wildman–Crippen LogP) is 3.14. The normalized spacial score (nSPS) is 18.0. The number of hydrogen-bond donors (Lipinski definition) is 1. The quantitative estimate of drug-likeness (QED) is 0.867. The summed E-state index contributed by atoms with van der Waals surface area (Å²) in [7, 11) is 0. The zero-order valence-electron chi connectivity index (χ0n) is 15.4. The monoisotopic (exact) mass is 376 g/mol. The van der Waals surface area contributed by atoms with Crippen molar-refractivity contribution in [3.63, 3.8) is 0 Å². The number of nitrogens with two attached hydrogens (primary N) is 1. The van der Waals surface area contributed by atoms with Crippen molar-refractivity contribution in [1.82, 2.24) is 4.90 Å². The Kier molecular flexibility index (Phi) is 6.03. The molecule has 0 radical (unpaired) electrons. The summed E-state index contributed by atoms with van der Waals surface area (Å²) in [6, 6.07) is 15.4. The van der Waals surface area contributed by atoms with E-state index in [1.807, 2.05) is 35.2 Å². The van der Waals surface area contributed by atoms with E-state index in [2.05, 4.69) is 6.07 Å². The number of likely N-dealkylation sites (tertiary alicyclic amines) is 1. The van der Waals surface area contributed by atoms with Crippen molar-refractivity contribution in [3.05, 3.63) is 59.4 Å². The highest BCUT2D eigenvalue weighted by molar-refractivity contribution is 5.80. The molecule has 2 aromatic carbocycles. The number of hydrogen-bond acceptors (Lipinski definition) is 4. The molecular weight excluding hydrogens is 355 g/mol. The van der Waals surface area contributed by atoms with Crippen LogP contribution in [-0.2, 0) is 11.2 Å². The van der Waals surface area contributed by atoms with Crippen LogP contribution in [-0.4, -0.2) is 29.4 Å². The fourth-order valence-electron chi connectivity index (χ4n) is 3.71. The number of nitriles is 2. The van der Waals surface area contributed by atoms with E-state index in [9.17, 15) is 14.4 Å². The highest BCUT2D eigenvalue weighted by Gasteiger charge is 2.32. The Labute approximate surface area is 163 Å². The molecule has 1 heterocycles. The summed E-state index contributed by atoms with van der Waals surface area (Å²) in [5.74, 6) is -0.922. The van der Waals surface area contributed by atoms with Gasteiger partial charge in [0.15, 0.2) is 0 Å². The Bertz CT molecular complexity index is 942. The minimum Gasteiger partial charge on any atom is -0.368 e. The van der Waals surface area contributed by atoms with Crippen molar-refractivity contribution < 1.29 is 9.18 Å². The summed E-state index contributed by atoms with van der Waals surface area (Å²) < 4.78 is 13.8. The third kappa shape index (κ3) is 4.19. The number of halogens is 1. The summed E-state index contributed by atoms with van der Waals surface area (Å²) in [4.78, 5) is 13.6. The van der Waals surface area contributed by atoms with Crippen LogP contribution in [0.2, 0.25) is 0 Å². The fourth-order valence-corrected chi connectivity index (χ4v) is 3.71. The lowest BCUT2D eigenvalue weighted by Crippen LogP contribution is -2.52. The number of nitrogens with zero attached hydrogens (tertiary/aromatic N) is 3. The predicted molar refractivity (Wildman–Crippen MR) is 103 cm³/mol. The Hall–Kier alpha value is -3.22. The Morgan fingerprint density at radius 1 is 1.18 bits per heavy atom. The van der Waals surface area contributed by atoms with E-state index in [4.69, 9.17) is 11.0 Å². The molecule has 3 rings (SSSR count). The number of benzene rings is 2. The number of rotatable bonds is 5. The zero-order chi connectivity index (χ0) is 20.1. The van der Waals surface area contributed by atoms with Gasteiger partial charge in [-0.05, 0) is 41.7 Å². The van der Waals surface area contributed by atoms with Gasteiger partial charge in [0.05, 0.1) is 17.7 Å². The Balaban J connectivity index is 1.76. The Morgan fingerprint density at radius 3 is 2.50 bits per heavy atom. The van der Waals surface area contributed by atoms with E-state index < -0.39 is 11.9 Å². The summed E-state index contributed by atoms with van der Waals surface area (Å²) >= 11 is 0. The second kappa shape index (κ2) is 8.65. The van der Waals surface area contributed by atoms with Crippen molar-refractivity contribution in [2.75, 3.05) is 6.54 Å². The molecule has 0 aliphatic carbocycles. The fraction of sp³-hybridized carbons (Fsp3) is 0.318. The van der Waals surface area contributed by atoms with Gasteiger partial charge < -0.3 is 5.73 Å². The summed E-state index contributed by atoms with van der Waals surface area (Å²) in [6.07, 6.45) is 3.07. The van der Waals surface area contributed by atoms with E-state index in [-0.39, 0.29) is 17.5 Å². The van der Waals surface area contributed by atoms with E-state index in [0.29, 0.717) is 24.9 Å². The van der Waals surface area contributed by atoms with Crippen molar-refractivity contribution in [2.45, 2.75) is 37.8 Å². The van der Waals surface area contributed by atoms with Crippen molar-refractivity contribution in [1.29, 1.82) is 10.5 Å². The second-order valence-corrected chi connectivity index (χ2v) is 7.00. The molecule has 0 bridgehead atoms. The first kappa shape index (κ1) is 19.5. The molecule has 1 unspecified atom stereocenters. The van der Waals surface area contributed by atoms with E-state index in [1.165, 1.54) is 12.1 Å². The molecular formula is C22H21FN4O. The maximum absolute atomic E-state index is 13.8. The first-order valence-electron chi connectivity index (χ1n) is 9.27. The van der Waals surface area contributed by atoms with Gasteiger partial charge in [0, 0.05) is 13.0 Å². The summed E-state index contributed by atoms with van der Waals surface area (Å²) in [5.41, 5.74) is 8.01. The van der Waals surface area contributed by atoms with Crippen molar-refractivity contribution in [3.8, 4) is 23.3 Å². The van der Waals surface area contributed by atoms with E-state index >= 15 is 0 Å². The first-order chi connectivity index (χ1) is 13.5. The molecule has 2 atom stereocenters. The van der Waals surface area contributed by atoms with Crippen LogP contribution >= 0.6 is 0 Å². The SMILES string of the molecule is N#Cc1ccc(-c2ccc(C[C@@H](C#N)N3CCCCC3C(N)=O)cc2)cc1F. The third-order valence-electron chi connectivity index (χ3n) is 5.23. The number of amides is 1. The molecule has 6 heteroatoms. The van der Waals surface area contributed by atoms with Gasteiger partial charge in [-0.15, -0.1) is 0 Å². The summed E-state index contributed by atoms with van der Waals surface area (Å²) in [6.45, 7) is 0.689. The van der Waals surface area contributed by atoms with E-state index in [1.54, 1.807) is 6.07 Å². The largest absolute Gasteiger partial charge is 0.368 e. The molecule has 1 fully saturated rings. The minimum atomic E-state index is -0.545.